The Kier molecular flexibility index (Phi) is 2.14. The van der Waals surface area contributed by atoms with E-state index in [1.165, 1.54) is 18.6 Å². The second-order valence-corrected chi connectivity index (χ2v) is 1.59. The summed E-state index contributed by atoms with van der Waals surface area (Å²) in [6, 6.07) is 0. The van der Waals surface area contributed by atoms with Crippen molar-refractivity contribution in [2.45, 2.75) is 0 Å². The highest BCUT2D eigenvalue weighted by Crippen LogP contribution is 1.87. The molecule has 11 heavy (non-hydrogen) atoms. The molecule has 0 saturated heterocycles. The second kappa shape index (κ2) is 3.28. The summed E-state index contributed by atoms with van der Waals surface area (Å²) in [5.74, 6) is -0.722. The largest absolute Gasteiger partial charge is 0.380 e. The monoisotopic (exact) mass is 149 g/mol. The fraction of sp³-hybridized carbons (Fsp3) is 0. The van der Waals surface area contributed by atoms with Gasteiger partial charge in [0.1, 0.15) is 0 Å². The van der Waals surface area contributed by atoms with E-state index >= 15 is 0 Å². The van der Waals surface area contributed by atoms with Gasteiger partial charge in [0, 0.05) is 12.4 Å². The highest BCUT2D eigenvalue weighted by Gasteiger charge is 2.09. The molecule has 1 rings (SSSR count). The van der Waals surface area contributed by atoms with Crippen molar-refractivity contribution in [3.05, 3.63) is 34.7 Å². The summed E-state index contributed by atoms with van der Waals surface area (Å²) in [7, 11) is 0. The number of carbonyl (C=O) groups excluding carboxylic acids is 1. The van der Waals surface area contributed by atoms with Gasteiger partial charge in [-0.3, -0.25) is 9.78 Å². The van der Waals surface area contributed by atoms with Crippen molar-refractivity contribution >= 4 is 5.91 Å². The summed E-state index contributed by atoms with van der Waals surface area (Å²) in [5.41, 5.74) is 7.93. The Morgan fingerprint density at radius 3 is 2.91 bits per heavy atom. The number of aromatic nitrogens is 2. The van der Waals surface area contributed by atoms with Crippen LogP contribution in [-0.4, -0.2) is 15.9 Å². The molecule has 0 aromatic carbocycles. The van der Waals surface area contributed by atoms with Gasteiger partial charge in [-0.15, -0.1) is 0 Å². The predicted octanol–water partition coefficient (Wildman–Crippen LogP) is 0.263. The zero-order chi connectivity index (χ0) is 8.10. The Hall–Kier alpha value is -1.94. The Morgan fingerprint density at radius 2 is 2.36 bits per heavy atom. The standard InChI is InChI=1S/C5H3N5O/c6-10-9-5(11)4-3-7-1-2-8-4/h1-3H/q+1. The minimum absolute atomic E-state index is 0.0466. The smallest absolute Gasteiger partial charge is 0.261 e. The molecule has 0 N–H and O–H groups in total. The Labute approximate surface area is 61.5 Å². The molecule has 0 aliphatic rings. The number of rotatable bonds is 1. The molecule has 6 nitrogen and oxygen atoms in total. The zero-order valence-corrected chi connectivity index (χ0v) is 5.38. The van der Waals surface area contributed by atoms with E-state index in [4.69, 9.17) is 5.53 Å². The van der Waals surface area contributed by atoms with Gasteiger partial charge in [-0.05, 0) is 0 Å². The van der Waals surface area contributed by atoms with Crippen LogP contribution in [0.4, 0.5) is 0 Å². The van der Waals surface area contributed by atoms with Gasteiger partial charge in [0.05, 0.1) is 6.20 Å². The molecule has 0 unspecified atom stereocenters. The second-order valence-electron chi connectivity index (χ2n) is 1.59. The first-order valence-corrected chi connectivity index (χ1v) is 2.70. The van der Waals surface area contributed by atoms with E-state index < -0.39 is 5.91 Å². The maximum atomic E-state index is 10.7. The van der Waals surface area contributed by atoms with Crippen molar-refractivity contribution < 1.29 is 4.79 Å². The third-order valence-electron chi connectivity index (χ3n) is 0.918. The number of azide groups is 1. The van der Waals surface area contributed by atoms with Gasteiger partial charge in [-0.1, -0.05) is 0 Å². The lowest BCUT2D eigenvalue weighted by Crippen LogP contribution is -2.05. The van der Waals surface area contributed by atoms with Crippen LogP contribution in [-0.2, 0) is 0 Å². The summed E-state index contributed by atoms with van der Waals surface area (Å²) in [4.78, 5) is 20.3. The average molecular weight is 149 g/mol. The SMILES string of the molecule is [N-]=[N+]=[N+]C(=O)c1cnccn1. The van der Waals surface area contributed by atoms with Gasteiger partial charge in [0.25, 0.3) is 4.91 Å². The van der Waals surface area contributed by atoms with E-state index in [1.54, 1.807) is 0 Å². The molecule has 1 amide bonds. The maximum Gasteiger partial charge on any atom is 0.380 e. The molecule has 0 saturated carbocycles. The molecule has 0 atom stereocenters. The first kappa shape index (κ1) is 7.17. The van der Waals surface area contributed by atoms with Crippen molar-refractivity contribution in [2.24, 2.45) is 0 Å². The number of nitrogens with zero attached hydrogens (tertiary/aromatic N) is 5. The molecule has 1 radical (unpaired) electrons. The summed E-state index contributed by atoms with van der Waals surface area (Å²) in [5, 5.41) is 2.83. The van der Waals surface area contributed by atoms with Crippen molar-refractivity contribution in [2.75, 3.05) is 0 Å². The molecule has 1 aromatic heterocycles. The van der Waals surface area contributed by atoms with E-state index in [0.29, 0.717) is 0 Å². The van der Waals surface area contributed by atoms with Gasteiger partial charge in [-0.25, -0.2) is 4.98 Å². The summed E-state index contributed by atoms with van der Waals surface area (Å²) in [6.45, 7) is 0. The molecule has 53 valence electrons. The highest BCUT2D eigenvalue weighted by molar-refractivity contribution is 5.90. The van der Waals surface area contributed by atoms with Crippen LogP contribution in [0.3, 0.4) is 0 Å². The Bertz CT molecular complexity index is 302. The minimum atomic E-state index is -0.722. The van der Waals surface area contributed by atoms with Crippen molar-refractivity contribution in [3.63, 3.8) is 0 Å². The molecule has 1 heterocycles. The normalized spacial score (nSPS) is 8.36. The fourth-order valence-electron chi connectivity index (χ4n) is 0.501. The van der Waals surface area contributed by atoms with Crippen LogP contribution in [0.25, 0.3) is 10.4 Å². The number of carbonyl (C=O) groups is 1. The summed E-state index contributed by atoms with van der Waals surface area (Å²) in [6.07, 6.45) is 4.00. The lowest BCUT2D eigenvalue weighted by atomic mass is 10.4. The quantitative estimate of drug-likeness (QED) is 0.325. The van der Waals surface area contributed by atoms with Crippen molar-refractivity contribution in [1.29, 1.82) is 0 Å². The van der Waals surface area contributed by atoms with Crippen molar-refractivity contribution in [1.82, 2.24) is 15.1 Å². The van der Waals surface area contributed by atoms with E-state index in [2.05, 4.69) is 20.0 Å². The minimum Gasteiger partial charge on any atom is -0.261 e. The van der Waals surface area contributed by atoms with Crippen LogP contribution >= 0.6 is 0 Å². The van der Waals surface area contributed by atoms with Crippen LogP contribution in [0.5, 0.6) is 0 Å². The van der Waals surface area contributed by atoms with E-state index in [-0.39, 0.29) is 5.69 Å². The van der Waals surface area contributed by atoms with Crippen LogP contribution < -0.4 is 5.11 Å². The Morgan fingerprint density at radius 1 is 1.55 bits per heavy atom. The fourth-order valence-corrected chi connectivity index (χ4v) is 0.501. The third-order valence-corrected chi connectivity index (χ3v) is 0.918. The summed E-state index contributed by atoms with van der Waals surface area (Å²) >= 11 is 0. The molecular weight excluding hydrogens is 146 g/mol. The lowest BCUT2D eigenvalue weighted by Gasteiger charge is -1.83. The maximum absolute atomic E-state index is 10.7. The highest BCUT2D eigenvalue weighted by atomic mass is 16.1. The summed E-state index contributed by atoms with van der Waals surface area (Å²) < 4.78 is 0. The van der Waals surface area contributed by atoms with Gasteiger partial charge in [0.2, 0.25) is 5.11 Å². The molecule has 0 spiro atoms. The molecule has 0 aliphatic heterocycles. The van der Waals surface area contributed by atoms with E-state index in [9.17, 15) is 4.79 Å². The first-order valence-electron chi connectivity index (χ1n) is 2.70. The average Bonchev–Trinajstić information content (AvgIpc) is 2.07. The van der Waals surface area contributed by atoms with Crippen LogP contribution in [0, 0.1) is 0 Å². The lowest BCUT2D eigenvalue weighted by molar-refractivity contribution is 0.0974. The number of hydrogen-bond donors (Lipinski definition) is 0. The first-order chi connectivity index (χ1) is 5.34. The predicted molar refractivity (Wildman–Crippen MR) is 35.2 cm³/mol. The molecule has 0 fully saturated rings. The molecule has 1 aromatic rings. The number of amides is 1. The third kappa shape index (κ3) is 1.74. The van der Waals surface area contributed by atoms with Crippen LogP contribution in [0.2, 0.25) is 0 Å². The Balaban J connectivity index is 2.94. The van der Waals surface area contributed by atoms with Gasteiger partial charge >= 0.3 is 11.4 Å². The molecule has 0 aliphatic carbocycles. The van der Waals surface area contributed by atoms with Crippen LogP contribution in [0.15, 0.2) is 18.6 Å². The van der Waals surface area contributed by atoms with E-state index in [1.807, 2.05) is 0 Å². The van der Waals surface area contributed by atoms with Gasteiger partial charge in [-0.2, -0.15) is 0 Å². The van der Waals surface area contributed by atoms with Crippen LogP contribution in [0.1, 0.15) is 10.5 Å². The van der Waals surface area contributed by atoms with Gasteiger partial charge in [0.15, 0.2) is 5.69 Å². The van der Waals surface area contributed by atoms with Crippen molar-refractivity contribution in [3.8, 4) is 0 Å². The molecule has 6 heteroatoms. The van der Waals surface area contributed by atoms with Gasteiger partial charge < -0.3 is 0 Å². The zero-order valence-electron chi connectivity index (χ0n) is 5.38. The topological polar surface area (TPSA) is 93.4 Å². The molecule has 0 bridgehead atoms. The van der Waals surface area contributed by atoms with E-state index in [0.717, 1.165) is 0 Å². The number of hydrogen-bond acceptors (Lipinski definition) is 3. The molecular formula is C5H3N5O+.